The molecule has 5 heteroatoms. The zero-order valence-corrected chi connectivity index (χ0v) is 21.8. The Labute approximate surface area is 203 Å². The molecule has 0 saturated carbocycles. The van der Waals surface area contributed by atoms with Gasteiger partial charge in [0.2, 0.25) is 0 Å². The Bertz CT molecular complexity index is 591. The number of unbranched alkanes of at least 4 members (excludes halogenated alkanes) is 10. The third-order valence-corrected chi connectivity index (χ3v) is 6.13. The van der Waals surface area contributed by atoms with Crippen LogP contribution < -0.4 is 5.11 Å². The molecule has 0 aliphatic carbocycles. The van der Waals surface area contributed by atoms with Gasteiger partial charge in [0.25, 0.3) is 0 Å². The largest absolute Gasteiger partial charge is 0.862 e. The van der Waals surface area contributed by atoms with Crippen LogP contribution in [-0.2, 0) is 6.54 Å². The van der Waals surface area contributed by atoms with Crippen molar-refractivity contribution in [3.05, 3.63) is 34.9 Å². The van der Waals surface area contributed by atoms with Gasteiger partial charge in [-0.25, -0.2) is 0 Å². The van der Waals surface area contributed by atoms with E-state index in [-0.39, 0.29) is 18.3 Å². The van der Waals surface area contributed by atoms with E-state index in [1.54, 1.807) is 0 Å². The molecule has 0 amide bonds. The summed E-state index contributed by atoms with van der Waals surface area (Å²) in [6.07, 6.45) is 15.9. The van der Waals surface area contributed by atoms with Gasteiger partial charge >= 0.3 is 0 Å². The van der Waals surface area contributed by atoms with E-state index < -0.39 is 0 Å². The van der Waals surface area contributed by atoms with Crippen molar-refractivity contribution in [3.8, 4) is 0 Å². The number of halogens is 2. The zero-order valence-electron chi connectivity index (χ0n) is 20.2. The highest BCUT2D eigenvalue weighted by atomic mass is 35.5. The molecule has 0 atom stereocenters. The van der Waals surface area contributed by atoms with E-state index in [1.165, 1.54) is 69.8 Å². The number of aliphatic imine (C=N–C) groups is 1. The summed E-state index contributed by atoms with van der Waals surface area (Å²) in [5.41, 5.74) is 1.17. The van der Waals surface area contributed by atoms with Crippen LogP contribution in [0.2, 0.25) is 5.02 Å². The van der Waals surface area contributed by atoms with Crippen molar-refractivity contribution in [3.63, 3.8) is 0 Å². The third-order valence-electron chi connectivity index (χ3n) is 5.76. The average molecular weight is 474 g/mol. The summed E-state index contributed by atoms with van der Waals surface area (Å²) in [7, 11) is 4.41. The van der Waals surface area contributed by atoms with Crippen molar-refractivity contribution < 1.29 is 9.59 Å². The molecule has 1 rings (SSSR count). The number of benzene rings is 1. The SMILES string of the molecule is CCCCCCCCCCCCCC([O-])=NCCC[N+](C)(C)Cc1ccccc1Cl.Cl. The highest BCUT2D eigenvalue weighted by molar-refractivity contribution is 6.31. The molecule has 0 spiro atoms. The van der Waals surface area contributed by atoms with E-state index in [1.807, 2.05) is 18.2 Å². The number of nitrogens with zero attached hydrogens (tertiary/aromatic N) is 2. The quantitative estimate of drug-likeness (QED) is 0.0962. The smallest absolute Gasteiger partial charge is 0.105 e. The lowest BCUT2D eigenvalue weighted by Gasteiger charge is -2.30. The molecule has 180 valence electrons. The van der Waals surface area contributed by atoms with E-state index >= 15 is 0 Å². The van der Waals surface area contributed by atoms with Gasteiger partial charge in [0.1, 0.15) is 6.54 Å². The van der Waals surface area contributed by atoms with Crippen LogP contribution in [0.4, 0.5) is 0 Å². The molecular weight excluding hydrogens is 427 g/mol. The standard InChI is InChI=1S/C26H45ClN2O.ClH/c1-4-5-6-7-8-9-10-11-12-13-14-20-26(30)28-21-17-22-29(2,3)23-24-18-15-16-19-25(24)27;/h15-16,18-19H,4-14,17,20-23H2,1-3H3;1H. The monoisotopic (exact) mass is 472 g/mol. The highest BCUT2D eigenvalue weighted by Gasteiger charge is 2.16. The Morgan fingerprint density at radius 3 is 2.00 bits per heavy atom. The molecular formula is C26H46Cl2N2O. The van der Waals surface area contributed by atoms with Gasteiger partial charge < -0.3 is 14.6 Å². The Morgan fingerprint density at radius 2 is 1.42 bits per heavy atom. The van der Waals surface area contributed by atoms with Gasteiger partial charge in [0.05, 0.1) is 20.6 Å². The topological polar surface area (TPSA) is 35.4 Å². The molecule has 0 N–H and O–H groups in total. The van der Waals surface area contributed by atoms with E-state index in [0.717, 1.165) is 35.4 Å². The fourth-order valence-electron chi connectivity index (χ4n) is 3.89. The Balaban J connectivity index is 0.00000900. The second kappa shape index (κ2) is 18.8. The molecule has 0 saturated heterocycles. The molecule has 0 bridgehead atoms. The zero-order chi connectivity index (χ0) is 22.1. The normalized spacial score (nSPS) is 12.1. The number of hydrogen-bond acceptors (Lipinski definition) is 2. The molecule has 0 unspecified atom stereocenters. The Morgan fingerprint density at radius 1 is 0.871 bits per heavy atom. The summed E-state index contributed by atoms with van der Waals surface area (Å²) in [6, 6.07) is 8.03. The maximum Gasteiger partial charge on any atom is 0.105 e. The molecule has 0 aromatic heterocycles. The first kappa shape index (κ1) is 30.2. The van der Waals surface area contributed by atoms with Gasteiger partial charge in [-0.15, -0.1) is 12.4 Å². The lowest BCUT2D eigenvalue weighted by molar-refractivity contribution is -0.903. The van der Waals surface area contributed by atoms with Crippen LogP contribution in [0.1, 0.15) is 96.0 Å². The van der Waals surface area contributed by atoms with Crippen molar-refractivity contribution in [2.75, 3.05) is 27.2 Å². The fraction of sp³-hybridized carbons (Fsp3) is 0.731. The lowest BCUT2D eigenvalue weighted by Crippen LogP contribution is -2.40. The first-order valence-corrected chi connectivity index (χ1v) is 12.6. The number of hydrogen-bond donors (Lipinski definition) is 0. The minimum atomic E-state index is 0. The van der Waals surface area contributed by atoms with E-state index in [0.29, 0.717) is 13.0 Å². The van der Waals surface area contributed by atoms with Crippen LogP contribution in [0.5, 0.6) is 0 Å². The molecule has 0 radical (unpaired) electrons. The van der Waals surface area contributed by atoms with Crippen LogP contribution in [0.15, 0.2) is 29.3 Å². The summed E-state index contributed by atoms with van der Waals surface area (Å²) in [4.78, 5) is 4.26. The molecule has 1 aromatic rings. The predicted octanol–water partition coefficient (Wildman–Crippen LogP) is 7.19. The van der Waals surface area contributed by atoms with E-state index in [2.05, 4.69) is 32.1 Å². The molecule has 0 aliphatic heterocycles. The first-order valence-electron chi connectivity index (χ1n) is 12.2. The van der Waals surface area contributed by atoms with Crippen LogP contribution in [0, 0.1) is 0 Å². The highest BCUT2D eigenvalue weighted by Crippen LogP contribution is 2.19. The summed E-state index contributed by atoms with van der Waals surface area (Å²) >= 11 is 6.28. The minimum absolute atomic E-state index is 0. The van der Waals surface area contributed by atoms with Crippen molar-refractivity contribution in [2.45, 2.75) is 96.9 Å². The van der Waals surface area contributed by atoms with Crippen LogP contribution >= 0.6 is 24.0 Å². The molecule has 0 aliphatic rings. The lowest BCUT2D eigenvalue weighted by atomic mass is 10.1. The fourth-order valence-corrected chi connectivity index (χ4v) is 4.08. The number of quaternary nitrogens is 1. The molecule has 0 heterocycles. The summed E-state index contributed by atoms with van der Waals surface area (Å²) in [6.45, 7) is 4.79. The second-order valence-corrected chi connectivity index (χ2v) is 9.73. The molecule has 1 aromatic carbocycles. The van der Waals surface area contributed by atoms with E-state index in [9.17, 15) is 5.11 Å². The first-order chi connectivity index (χ1) is 14.4. The summed E-state index contributed by atoms with van der Waals surface area (Å²) in [5, 5.41) is 12.8. The van der Waals surface area contributed by atoms with Crippen molar-refractivity contribution in [2.24, 2.45) is 4.99 Å². The molecule has 3 nitrogen and oxygen atoms in total. The summed E-state index contributed by atoms with van der Waals surface area (Å²) in [5.74, 6) is 0.0855. The second-order valence-electron chi connectivity index (χ2n) is 9.32. The van der Waals surface area contributed by atoms with Crippen molar-refractivity contribution >= 4 is 29.9 Å². The van der Waals surface area contributed by atoms with Gasteiger partial charge in [-0.3, -0.25) is 0 Å². The Hall–Kier alpha value is -0.770. The van der Waals surface area contributed by atoms with Crippen molar-refractivity contribution in [1.29, 1.82) is 0 Å². The third kappa shape index (κ3) is 16.5. The van der Waals surface area contributed by atoms with Crippen LogP contribution in [-0.4, -0.2) is 37.6 Å². The Kier molecular flexibility index (Phi) is 18.3. The predicted molar refractivity (Wildman–Crippen MR) is 137 cm³/mol. The van der Waals surface area contributed by atoms with Gasteiger partial charge in [-0.2, -0.15) is 0 Å². The van der Waals surface area contributed by atoms with Crippen LogP contribution in [0.3, 0.4) is 0 Å². The van der Waals surface area contributed by atoms with Gasteiger partial charge in [-0.05, 0) is 24.8 Å². The summed E-state index contributed by atoms with van der Waals surface area (Å²) < 4.78 is 0.853. The maximum atomic E-state index is 12.0. The van der Waals surface area contributed by atoms with Gasteiger partial charge in [0.15, 0.2) is 0 Å². The van der Waals surface area contributed by atoms with Gasteiger partial charge in [0, 0.05) is 23.6 Å². The van der Waals surface area contributed by atoms with E-state index in [4.69, 9.17) is 11.6 Å². The van der Waals surface area contributed by atoms with Crippen LogP contribution in [0.25, 0.3) is 0 Å². The van der Waals surface area contributed by atoms with Gasteiger partial charge in [-0.1, -0.05) is 101 Å². The molecule has 0 fully saturated rings. The molecule has 31 heavy (non-hydrogen) atoms. The van der Waals surface area contributed by atoms with Crippen molar-refractivity contribution in [1.82, 2.24) is 0 Å². The number of rotatable bonds is 18. The minimum Gasteiger partial charge on any atom is -0.862 e. The maximum absolute atomic E-state index is 12.0. The average Bonchev–Trinajstić information content (AvgIpc) is 2.71.